The van der Waals surface area contributed by atoms with Crippen LogP contribution in [0.15, 0.2) is 12.1 Å². The molecule has 0 spiro atoms. The van der Waals surface area contributed by atoms with Gasteiger partial charge in [0, 0.05) is 19.6 Å². The summed E-state index contributed by atoms with van der Waals surface area (Å²) in [5.41, 5.74) is 4.67. The minimum absolute atomic E-state index is 0.206. The van der Waals surface area contributed by atoms with Crippen LogP contribution in [0, 0.1) is 17.6 Å². The number of piperidine rings is 1. The van der Waals surface area contributed by atoms with Crippen LogP contribution < -0.4 is 5.73 Å². The minimum atomic E-state index is -0.963. The molecule has 6 heteroatoms. The van der Waals surface area contributed by atoms with Gasteiger partial charge in [-0.1, -0.05) is 0 Å². The molecule has 0 atom stereocenters. The summed E-state index contributed by atoms with van der Waals surface area (Å²) in [4.78, 5) is 15.9. The largest absolute Gasteiger partial charge is 0.396 e. The van der Waals surface area contributed by atoms with Gasteiger partial charge in [-0.2, -0.15) is 0 Å². The lowest BCUT2D eigenvalue weighted by Gasteiger charge is -2.33. The minimum Gasteiger partial charge on any atom is -0.396 e. The fourth-order valence-electron chi connectivity index (χ4n) is 2.76. The van der Waals surface area contributed by atoms with Crippen LogP contribution in [-0.2, 0) is 0 Å². The average Bonchev–Trinajstić information content (AvgIpc) is 2.43. The van der Waals surface area contributed by atoms with E-state index in [2.05, 4.69) is 4.90 Å². The fourth-order valence-corrected chi connectivity index (χ4v) is 2.76. The quantitative estimate of drug-likeness (QED) is 0.868. The number of anilines is 1. The van der Waals surface area contributed by atoms with Gasteiger partial charge in [-0.25, -0.2) is 8.78 Å². The van der Waals surface area contributed by atoms with E-state index >= 15 is 0 Å². The van der Waals surface area contributed by atoms with Crippen LogP contribution in [-0.4, -0.2) is 49.4 Å². The molecule has 0 aromatic heterocycles. The van der Waals surface area contributed by atoms with Gasteiger partial charge in [0.1, 0.15) is 11.4 Å². The van der Waals surface area contributed by atoms with Crippen molar-refractivity contribution in [1.82, 2.24) is 9.80 Å². The van der Waals surface area contributed by atoms with Crippen molar-refractivity contribution in [2.24, 2.45) is 5.92 Å². The van der Waals surface area contributed by atoms with Gasteiger partial charge in [-0.15, -0.1) is 0 Å². The normalized spacial score (nSPS) is 16.5. The molecule has 0 aliphatic carbocycles. The third-order valence-corrected chi connectivity index (χ3v) is 3.86. The van der Waals surface area contributed by atoms with E-state index in [0.29, 0.717) is 19.0 Å². The highest BCUT2D eigenvalue weighted by Gasteiger charge is 2.28. The van der Waals surface area contributed by atoms with E-state index in [1.807, 2.05) is 14.1 Å². The zero-order valence-corrected chi connectivity index (χ0v) is 12.4. The highest BCUT2D eigenvalue weighted by atomic mass is 19.1. The molecule has 0 saturated carbocycles. The molecule has 0 unspecified atom stereocenters. The summed E-state index contributed by atoms with van der Waals surface area (Å²) in [5, 5.41) is 0. The maximum absolute atomic E-state index is 13.9. The Hall–Kier alpha value is -1.69. The van der Waals surface area contributed by atoms with Crippen LogP contribution in [0.2, 0.25) is 0 Å². The first kappa shape index (κ1) is 15.7. The van der Waals surface area contributed by atoms with Crippen LogP contribution in [0.25, 0.3) is 0 Å². The van der Waals surface area contributed by atoms with Gasteiger partial charge in [0.25, 0.3) is 5.91 Å². The summed E-state index contributed by atoms with van der Waals surface area (Å²) in [6.07, 6.45) is 1.69. The summed E-state index contributed by atoms with van der Waals surface area (Å²) in [6.45, 7) is 2.00. The molecule has 2 rings (SSSR count). The van der Waals surface area contributed by atoms with E-state index in [0.717, 1.165) is 31.5 Å². The molecule has 1 aliphatic rings. The van der Waals surface area contributed by atoms with Crippen molar-refractivity contribution < 1.29 is 13.6 Å². The molecule has 1 heterocycles. The molecule has 0 radical (unpaired) electrons. The summed E-state index contributed by atoms with van der Waals surface area (Å²) in [6, 6.07) is 2.16. The lowest BCUT2D eigenvalue weighted by atomic mass is 9.96. The fraction of sp³-hybridized carbons (Fsp3) is 0.533. The summed E-state index contributed by atoms with van der Waals surface area (Å²) < 4.78 is 27.6. The Kier molecular flexibility index (Phi) is 4.77. The molecule has 0 bridgehead atoms. The zero-order chi connectivity index (χ0) is 15.6. The third kappa shape index (κ3) is 3.50. The number of hydrogen-bond acceptors (Lipinski definition) is 3. The summed E-state index contributed by atoms with van der Waals surface area (Å²) in [7, 11) is 4.02. The van der Waals surface area contributed by atoms with E-state index < -0.39 is 23.1 Å². The molecule has 2 N–H and O–H groups in total. The number of nitrogen functional groups attached to an aromatic ring is 1. The number of benzene rings is 1. The van der Waals surface area contributed by atoms with Crippen molar-refractivity contribution in [1.29, 1.82) is 0 Å². The molecule has 1 saturated heterocycles. The second-order valence-corrected chi connectivity index (χ2v) is 5.82. The highest BCUT2D eigenvalue weighted by molar-refractivity contribution is 5.95. The average molecular weight is 297 g/mol. The standard InChI is InChI=1S/C15H21F2N3O/c1-19(2)9-10-5-7-20(8-6-10)15(21)13-11(16)3-4-12(18)14(13)17/h3-4,10H,5-9,18H2,1-2H3. The van der Waals surface area contributed by atoms with Crippen molar-refractivity contribution in [3.8, 4) is 0 Å². The predicted molar refractivity (Wildman–Crippen MR) is 78.0 cm³/mol. The van der Waals surface area contributed by atoms with Crippen LogP contribution >= 0.6 is 0 Å². The van der Waals surface area contributed by atoms with Gasteiger partial charge >= 0.3 is 0 Å². The molecular weight excluding hydrogens is 276 g/mol. The van der Waals surface area contributed by atoms with E-state index in [4.69, 9.17) is 5.73 Å². The number of carbonyl (C=O) groups is 1. The number of likely N-dealkylation sites (tertiary alicyclic amines) is 1. The van der Waals surface area contributed by atoms with Crippen LogP contribution in [0.5, 0.6) is 0 Å². The van der Waals surface area contributed by atoms with Crippen molar-refractivity contribution >= 4 is 11.6 Å². The number of nitrogens with two attached hydrogens (primary N) is 1. The van der Waals surface area contributed by atoms with Crippen LogP contribution in [0.3, 0.4) is 0 Å². The molecule has 116 valence electrons. The number of rotatable bonds is 3. The maximum Gasteiger partial charge on any atom is 0.259 e. The first-order valence-electron chi connectivity index (χ1n) is 7.07. The van der Waals surface area contributed by atoms with Crippen molar-refractivity contribution in [2.75, 3.05) is 39.5 Å². The van der Waals surface area contributed by atoms with Crippen LogP contribution in [0.4, 0.5) is 14.5 Å². The second-order valence-electron chi connectivity index (χ2n) is 5.82. The first-order valence-corrected chi connectivity index (χ1v) is 7.07. The van der Waals surface area contributed by atoms with Crippen LogP contribution in [0.1, 0.15) is 23.2 Å². The smallest absolute Gasteiger partial charge is 0.259 e. The molecule has 4 nitrogen and oxygen atoms in total. The summed E-state index contributed by atoms with van der Waals surface area (Å²) >= 11 is 0. The predicted octanol–water partition coefficient (Wildman–Crippen LogP) is 1.96. The Bertz CT molecular complexity index is 526. The number of nitrogens with zero attached hydrogens (tertiary/aromatic N) is 2. The Morgan fingerprint density at radius 1 is 1.33 bits per heavy atom. The Labute approximate surface area is 123 Å². The molecule has 1 aromatic rings. The third-order valence-electron chi connectivity index (χ3n) is 3.86. The van der Waals surface area contributed by atoms with Gasteiger partial charge in [-0.3, -0.25) is 4.79 Å². The second kappa shape index (κ2) is 6.39. The SMILES string of the molecule is CN(C)CC1CCN(C(=O)c2c(F)ccc(N)c2F)CC1. The van der Waals surface area contributed by atoms with E-state index in [1.165, 1.54) is 4.90 Å². The van der Waals surface area contributed by atoms with Gasteiger partial charge in [0.2, 0.25) is 0 Å². The highest BCUT2D eigenvalue weighted by Crippen LogP contribution is 2.24. The van der Waals surface area contributed by atoms with E-state index in [1.54, 1.807) is 0 Å². The Morgan fingerprint density at radius 2 is 1.95 bits per heavy atom. The van der Waals surface area contributed by atoms with Crippen molar-refractivity contribution in [2.45, 2.75) is 12.8 Å². The van der Waals surface area contributed by atoms with E-state index in [9.17, 15) is 13.6 Å². The molecule has 1 fully saturated rings. The van der Waals surface area contributed by atoms with Gasteiger partial charge < -0.3 is 15.5 Å². The lowest BCUT2D eigenvalue weighted by Crippen LogP contribution is -2.41. The molecule has 1 aliphatic heterocycles. The van der Waals surface area contributed by atoms with E-state index in [-0.39, 0.29) is 5.69 Å². The van der Waals surface area contributed by atoms with Crippen molar-refractivity contribution in [3.05, 3.63) is 29.3 Å². The number of halogens is 2. The molecule has 21 heavy (non-hydrogen) atoms. The van der Waals surface area contributed by atoms with Crippen molar-refractivity contribution in [3.63, 3.8) is 0 Å². The van der Waals surface area contributed by atoms with Gasteiger partial charge in [-0.05, 0) is 45.0 Å². The number of hydrogen-bond donors (Lipinski definition) is 1. The number of carbonyl (C=O) groups excluding carboxylic acids is 1. The van der Waals surface area contributed by atoms with Gasteiger partial charge in [0.15, 0.2) is 5.82 Å². The zero-order valence-electron chi connectivity index (χ0n) is 12.4. The molecular formula is C15H21F2N3O. The monoisotopic (exact) mass is 297 g/mol. The topological polar surface area (TPSA) is 49.6 Å². The first-order chi connectivity index (χ1) is 9.90. The lowest BCUT2D eigenvalue weighted by molar-refractivity contribution is 0.0668. The molecule has 1 aromatic carbocycles. The Morgan fingerprint density at radius 3 is 2.52 bits per heavy atom. The van der Waals surface area contributed by atoms with Gasteiger partial charge in [0.05, 0.1) is 5.69 Å². The maximum atomic E-state index is 13.9. The molecule has 1 amide bonds. The number of amides is 1. The Balaban J connectivity index is 2.08. The summed E-state index contributed by atoms with van der Waals surface area (Å²) in [5.74, 6) is -1.92.